The van der Waals surface area contributed by atoms with Crippen molar-refractivity contribution in [2.75, 3.05) is 5.73 Å². The maximum Gasteiger partial charge on any atom is 0.160 e. The van der Waals surface area contributed by atoms with E-state index in [1.165, 1.54) is 6.07 Å². The first kappa shape index (κ1) is 12.6. The molecule has 0 amide bonds. The smallest absolute Gasteiger partial charge is 0.160 e. The molecule has 20 heavy (non-hydrogen) atoms. The maximum atomic E-state index is 13.7. The van der Waals surface area contributed by atoms with Crippen molar-refractivity contribution in [3.8, 4) is 11.4 Å². The summed E-state index contributed by atoms with van der Waals surface area (Å²) in [4.78, 5) is 8.93. The lowest BCUT2D eigenvalue weighted by molar-refractivity contribution is 0.632. The van der Waals surface area contributed by atoms with Crippen LogP contribution in [0.25, 0.3) is 22.6 Å². The summed E-state index contributed by atoms with van der Waals surface area (Å²) in [5.74, 6) is 0.296. The molecule has 0 radical (unpaired) electrons. The topological polar surface area (TPSA) is 56.7 Å². The summed E-state index contributed by atoms with van der Waals surface area (Å²) in [6, 6.07) is 8.52. The average Bonchev–Trinajstić information content (AvgIpc) is 2.82. The van der Waals surface area contributed by atoms with Crippen LogP contribution in [0.3, 0.4) is 0 Å². The largest absolute Gasteiger partial charge is 0.396 e. The molecule has 0 saturated carbocycles. The average molecular weight is 270 g/mol. The number of imidazole rings is 1. The number of fused-ring (bicyclic) bond motifs is 1. The Morgan fingerprint density at radius 2 is 2.15 bits per heavy atom. The van der Waals surface area contributed by atoms with Gasteiger partial charge < -0.3 is 10.3 Å². The molecule has 0 saturated heterocycles. The minimum atomic E-state index is -0.425. The van der Waals surface area contributed by atoms with Gasteiger partial charge in [0.2, 0.25) is 0 Å². The lowest BCUT2D eigenvalue weighted by atomic mass is 10.2. The van der Waals surface area contributed by atoms with Crippen molar-refractivity contribution in [1.29, 1.82) is 0 Å². The van der Waals surface area contributed by atoms with E-state index in [1.54, 1.807) is 18.3 Å². The van der Waals surface area contributed by atoms with Gasteiger partial charge in [0.05, 0.1) is 5.69 Å². The van der Waals surface area contributed by atoms with Crippen LogP contribution in [-0.2, 0) is 6.54 Å². The molecule has 0 fully saturated rings. The molecule has 1 aromatic carbocycles. The quantitative estimate of drug-likeness (QED) is 0.743. The molecule has 2 heterocycles. The first-order valence-corrected chi connectivity index (χ1v) is 6.57. The van der Waals surface area contributed by atoms with E-state index < -0.39 is 5.82 Å². The van der Waals surface area contributed by atoms with E-state index in [0.29, 0.717) is 5.56 Å². The van der Waals surface area contributed by atoms with Crippen molar-refractivity contribution in [1.82, 2.24) is 14.5 Å². The molecule has 5 heteroatoms. The first-order valence-electron chi connectivity index (χ1n) is 6.57. The second kappa shape index (κ2) is 4.92. The van der Waals surface area contributed by atoms with E-state index >= 15 is 0 Å². The number of benzene rings is 1. The Kier molecular flexibility index (Phi) is 3.10. The molecule has 0 atom stereocenters. The van der Waals surface area contributed by atoms with E-state index in [1.807, 2.05) is 16.7 Å². The number of hydrogen-bond donors (Lipinski definition) is 1. The molecule has 2 N–H and O–H groups in total. The number of nitrogen functional groups attached to an aromatic ring is 1. The number of nitrogens with two attached hydrogens (primary N) is 1. The van der Waals surface area contributed by atoms with Gasteiger partial charge in [-0.1, -0.05) is 6.92 Å². The third kappa shape index (κ3) is 2.01. The van der Waals surface area contributed by atoms with Crippen molar-refractivity contribution < 1.29 is 4.39 Å². The highest BCUT2D eigenvalue weighted by Gasteiger charge is 2.13. The number of rotatable bonds is 3. The van der Waals surface area contributed by atoms with E-state index in [2.05, 4.69) is 16.9 Å². The second-order valence-corrected chi connectivity index (χ2v) is 4.67. The summed E-state index contributed by atoms with van der Waals surface area (Å²) in [7, 11) is 0. The van der Waals surface area contributed by atoms with Crippen molar-refractivity contribution in [3.05, 3.63) is 42.3 Å². The van der Waals surface area contributed by atoms with Crippen molar-refractivity contribution in [2.45, 2.75) is 19.9 Å². The van der Waals surface area contributed by atoms with Crippen molar-refractivity contribution in [3.63, 3.8) is 0 Å². The highest BCUT2D eigenvalue weighted by atomic mass is 19.1. The Balaban J connectivity index is 2.23. The summed E-state index contributed by atoms with van der Waals surface area (Å²) >= 11 is 0. The normalized spacial score (nSPS) is 11.1. The van der Waals surface area contributed by atoms with Crippen LogP contribution in [0.4, 0.5) is 10.1 Å². The van der Waals surface area contributed by atoms with Crippen molar-refractivity contribution >= 4 is 16.9 Å². The number of hydrogen-bond acceptors (Lipinski definition) is 3. The molecular weight excluding hydrogens is 255 g/mol. The standard InChI is InChI=1S/C15H15FN4/c1-2-8-20-14(10-5-6-12(17)11(16)9-10)19-13-4-3-7-18-15(13)20/h3-7,9H,2,8,17H2,1H3. The number of aryl methyl sites for hydroxylation is 1. The predicted molar refractivity (Wildman–Crippen MR) is 77.6 cm³/mol. The lowest BCUT2D eigenvalue weighted by Gasteiger charge is -2.07. The van der Waals surface area contributed by atoms with Crippen LogP contribution < -0.4 is 5.73 Å². The van der Waals surface area contributed by atoms with Crippen LogP contribution in [0.15, 0.2) is 36.5 Å². The zero-order valence-corrected chi connectivity index (χ0v) is 11.2. The number of nitrogens with zero attached hydrogens (tertiary/aromatic N) is 3. The van der Waals surface area contributed by atoms with E-state index in [9.17, 15) is 4.39 Å². The Labute approximate surface area is 116 Å². The van der Waals surface area contributed by atoms with Crippen LogP contribution >= 0.6 is 0 Å². The summed E-state index contributed by atoms with van der Waals surface area (Å²) in [6.45, 7) is 2.87. The van der Waals surface area contributed by atoms with Crippen LogP contribution in [0.1, 0.15) is 13.3 Å². The van der Waals surface area contributed by atoms with Gasteiger partial charge in [-0.25, -0.2) is 14.4 Å². The third-order valence-corrected chi connectivity index (χ3v) is 3.21. The van der Waals surface area contributed by atoms with Gasteiger partial charge in [0.15, 0.2) is 5.65 Å². The molecule has 0 spiro atoms. The van der Waals surface area contributed by atoms with Crippen LogP contribution in [0.2, 0.25) is 0 Å². The van der Waals surface area contributed by atoms with E-state index in [0.717, 1.165) is 30.0 Å². The third-order valence-electron chi connectivity index (χ3n) is 3.21. The summed E-state index contributed by atoms with van der Waals surface area (Å²) in [5, 5.41) is 0. The van der Waals surface area contributed by atoms with Gasteiger partial charge in [0.25, 0.3) is 0 Å². The predicted octanol–water partition coefficient (Wildman–Crippen LogP) is 3.23. The van der Waals surface area contributed by atoms with Gasteiger partial charge in [0.1, 0.15) is 17.2 Å². The Morgan fingerprint density at radius 3 is 2.90 bits per heavy atom. The molecule has 2 aromatic heterocycles. The van der Waals surface area contributed by atoms with Crippen LogP contribution in [0.5, 0.6) is 0 Å². The Morgan fingerprint density at radius 1 is 1.30 bits per heavy atom. The summed E-state index contributed by atoms with van der Waals surface area (Å²) < 4.78 is 15.7. The molecule has 3 aromatic rings. The number of pyridine rings is 1. The van der Waals surface area contributed by atoms with E-state index in [4.69, 9.17) is 5.73 Å². The first-order chi connectivity index (χ1) is 9.70. The summed E-state index contributed by atoms with van der Waals surface area (Å²) in [6.07, 6.45) is 2.69. The summed E-state index contributed by atoms with van der Waals surface area (Å²) in [5.41, 5.74) is 8.01. The van der Waals surface area contributed by atoms with Gasteiger partial charge in [-0.2, -0.15) is 0 Å². The molecule has 0 aliphatic carbocycles. The van der Waals surface area contributed by atoms with Gasteiger partial charge >= 0.3 is 0 Å². The van der Waals surface area contributed by atoms with Crippen LogP contribution in [0, 0.1) is 5.82 Å². The fourth-order valence-electron chi connectivity index (χ4n) is 2.28. The fraction of sp³-hybridized carbons (Fsp3) is 0.200. The Hall–Kier alpha value is -2.43. The maximum absolute atomic E-state index is 13.7. The highest BCUT2D eigenvalue weighted by molar-refractivity contribution is 5.77. The van der Waals surface area contributed by atoms with Crippen molar-refractivity contribution in [2.24, 2.45) is 0 Å². The van der Waals surface area contributed by atoms with E-state index in [-0.39, 0.29) is 5.69 Å². The molecule has 0 bridgehead atoms. The molecule has 102 valence electrons. The van der Waals surface area contributed by atoms with Gasteiger partial charge in [0, 0.05) is 18.3 Å². The highest BCUT2D eigenvalue weighted by Crippen LogP contribution is 2.26. The molecule has 0 unspecified atom stereocenters. The molecule has 0 aliphatic heterocycles. The van der Waals surface area contributed by atoms with Gasteiger partial charge in [-0.3, -0.25) is 0 Å². The molecule has 4 nitrogen and oxygen atoms in total. The minimum absolute atomic E-state index is 0.144. The number of halogens is 1. The van der Waals surface area contributed by atoms with Gasteiger partial charge in [-0.05, 0) is 36.8 Å². The zero-order chi connectivity index (χ0) is 14.1. The Bertz CT molecular complexity index is 764. The molecular formula is C15H15FN4. The number of anilines is 1. The number of aromatic nitrogens is 3. The lowest BCUT2D eigenvalue weighted by Crippen LogP contribution is -2.01. The zero-order valence-electron chi connectivity index (χ0n) is 11.2. The van der Waals surface area contributed by atoms with Crippen LogP contribution in [-0.4, -0.2) is 14.5 Å². The fourth-order valence-corrected chi connectivity index (χ4v) is 2.28. The second-order valence-electron chi connectivity index (χ2n) is 4.67. The monoisotopic (exact) mass is 270 g/mol. The molecule has 0 aliphatic rings. The SMILES string of the molecule is CCCn1c(-c2ccc(N)c(F)c2)nc2cccnc21. The molecule has 3 rings (SSSR count). The van der Waals surface area contributed by atoms with Gasteiger partial charge in [-0.15, -0.1) is 0 Å². The minimum Gasteiger partial charge on any atom is -0.396 e.